The molecule has 3 aromatic rings. The molecule has 1 aromatic heterocycles. The second kappa shape index (κ2) is 14.2. The number of aromatic nitrogens is 3. The third-order valence-electron chi connectivity index (χ3n) is 8.75. The minimum atomic E-state index is -3.05. The molecule has 0 unspecified atom stereocenters. The fourth-order valence-electron chi connectivity index (χ4n) is 6.57. The number of ether oxygens (including phenoxy) is 2. The van der Waals surface area contributed by atoms with E-state index >= 15 is 0 Å². The largest absolute Gasteiger partial charge is 0.459 e. The number of benzene rings is 2. The van der Waals surface area contributed by atoms with Gasteiger partial charge in [-0.05, 0) is 42.2 Å². The Morgan fingerprint density at radius 3 is 2.45 bits per heavy atom. The van der Waals surface area contributed by atoms with Crippen LogP contribution in [0.2, 0.25) is 5.04 Å². The third kappa shape index (κ3) is 7.43. The Balaban J connectivity index is 1.52. The highest BCUT2D eigenvalue weighted by Crippen LogP contribution is 2.40. The molecule has 2 aromatic carbocycles. The molecule has 0 amide bonds. The minimum absolute atomic E-state index is 0.117. The van der Waals surface area contributed by atoms with E-state index in [1.54, 1.807) is 6.92 Å². The van der Waals surface area contributed by atoms with E-state index < -0.39 is 58.0 Å². The molecule has 47 heavy (non-hydrogen) atoms. The predicted octanol–water partition coefficient (Wildman–Crippen LogP) is 3.34. The van der Waals surface area contributed by atoms with Gasteiger partial charge in [-0.2, -0.15) is 15.0 Å². The number of oxime groups is 1. The van der Waals surface area contributed by atoms with Gasteiger partial charge < -0.3 is 29.7 Å². The van der Waals surface area contributed by atoms with Crippen molar-refractivity contribution in [2.75, 3.05) is 44.2 Å². The number of nitrogens with zero attached hydrogens (tertiary/aromatic N) is 6. The summed E-state index contributed by atoms with van der Waals surface area (Å²) in [5.41, 5.74) is 5.06. The smallest absolute Gasteiger partial charge is 0.322 e. The van der Waals surface area contributed by atoms with Crippen LogP contribution in [0.4, 0.5) is 10.3 Å². The van der Waals surface area contributed by atoms with Crippen molar-refractivity contribution in [1.82, 2.24) is 19.9 Å². The lowest BCUT2D eigenvalue weighted by molar-refractivity contribution is -0.000403. The zero-order valence-electron chi connectivity index (χ0n) is 32.6. The number of rotatable bonds is 10. The van der Waals surface area contributed by atoms with Crippen LogP contribution in [0, 0.1) is 0 Å². The lowest BCUT2D eigenvalue weighted by atomic mass is 10.1. The summed E-state index contributed by atoms with van der Waals surface area (Å²) < 4.78 is 74.3. The Morgan fingerprint density at radius 2 is 1.85 bits per heavy atom. The van der Waals surface area contributed by atoms with Crippen LogP contribution < -0.4 is 25.7 Å². The first kappa shape index (κ1) is 28.4. The van der Waals surface area contributed by atoms with Crippen LogP contribution in [0.1, 0.15) is 60.6 Å². The Morgan fingerprint density at radius 1 is 1.19 bits per heavy atom. The molecule has 0 saturated carbocycles. The monoisotopic (exact) mass is 670 g/mol. The van der Waals surface area contributed by atoms with E-state index in [-0.39, 0.29) is 42.4 Å². The molecule has 2 saturated heterocycles. The fourth-order valence-corrected chi connectivity index (χ4v) is 11.4. The van der Waals surface area contributed by atoms with Crippen LogP contribution in [-0.4, -0.2) is 102 Å². The van der Waals surface area contributed by atoms with E-state index in [9.17, 15) is 9.60 Å². The van der Waals surface area contributed by atoms with Crippen molar-refractivity contribution in [3.05, 3.63) is 66.5 Å². The van der Waals surface area contributed by atoms with E-state index in [2.05, 4.69) is 65.1 Å². The van der Waals surface area contributed by atoms with Crippen molar-refractivity contribution in [1.29, 1.82) is 0 Å². The number of hydrogen-bond donors (Lipinski definition) is 2. The van der Waals surface area contributed by atoms with Crippen LogP contribution in [0.5, 0.6) is 6.01 Å². The molecule has 0 aliphatic carbocycles. The summed E-state index contributed by atoms with van der Waals surface area (Å²) in [6, 6.07) is 19.3. The quantitative estimate of drug-likeness (QED) is 0.109. The summed E-state index contributed by atoms with van der Waals surface area (Å²) in [6.07, 6.45) is -2.60. The van der Waals surface area contributed by atoms with Gasteiger partial charge in [0.2, 0.25) is 17.6 Å². The number of hydrogen-bond acceptors (Lipinski definition) is 10. The zero-order valence-corrected chi connectivity index (χ0v) is 28.6. The molecule has 2 aliphatic rings. The Kier molecular flexibility index (Phi) is 8.58. The first-order valence-electron chi connectivity index (χ1n) is 18.3. The molecular formula is C34H48FN7O4Si. The van der Waals surface area contributed by atoms with Gasteiger partial charge in [-0.1, -0.05) is 93.4 Å². The van der Waals surface area contributed by atoms with Crippen molar-refractivity contribution in [2.24, 2.45) is 10.9 Å². The van der Waals surface area contributed by atoms with Gasteiger partial charge in [0.15, 0.2) is 0 Å². The highest BCUT2D eigenvalue weighted by molar-refractivity contribution is 6.99. The van der Waals surface area contributed by atoms with Crippen molar-refractivity contribution in [3.63, 3.8) is 0 Å². The molecule has 0 spiro atoms. The molecule has 0 radical (unpaired) electrons. The second-order valence-corrected chi connectivity index (χ2v) is 17.6. The van der Waals surface area contributed by atoms with E-state index in [1.165, 1.54) is 0 Å². The zero-order chi connectivity index (χ0) is 38.1. The maximum atomic E-state index is 14.7. The molecule has 13 heteroatoms. The van der Waals surface area contributed by atoms with Crippen LogP contribution in [0.25, 0.3) is 0 Å². The van der Waals surface area contributed by atoms with Crippen molar-refractivity contribution in [3.8, 4) is 6.01 Å². The summed E-state index contributed by atoms with van der Waals surface area (Å²) >= 11 is 0. The molecule has 2 fully saturated rings. The molecule has 3 heterocycles. The van der Waals surface area contributed by atoms with Gasteiger partial charge in [-0.3, -0.25) is 4.90 Å². The summed E-state index contributed by atoms with van der Waals surface area (Å²) in [4.78, 5) is 16.1. The van der Waals surface area contributed by atoms with Crippen LogP contribution in [0.15, 0.2) is 65.8 Å². The lowest BCUT2D eigenvalue weighted by Crippen LogP contribution is -2.70. The third-order valence-corrected chi connectivity index (χ3v) is 14.0. The minimum Gasteiger partial charge on any atom is -0.459 e. The molecule has 3 N–H and O–H groups in total. The SMILES string of the molecule is [2H]C([2H])([2H])C([2H])([2H])N1C[C@H](F)C[C@H]1[C@H](C)Oc1nc(/C(N)=N/O)nc(N2CCOC[C@@](C)(O[Si](c3ccccc3)(c3ccccc3)C(C)(C)C)C2)n1. The van der Waals surface area contributed by atoms with Crippen molar-refractivity contribution < 1.29 is 30.4 Å². The van der Waals surface area contributed by atoms with Crippen LogP contribution in [0.3, 0.4) is 0 Å². The van der Waals surface area contributed by atoms with Gasteiger partial charge in [0.05, 0.1) is 25.4 Å². The van der Waals surface area contributed by atoms with Gasteiger partial charge in [0.1, 0.15) is 12.3 Å². The average Bonchev–Trinajstić information content (AvgIpc) is 3.39. The number of halogens is 1. The number of likely N-dealkylation sites (tertiary alicyclic amines) is 1. The highest BCUT2D eigenvalue weighted by Gasteiger charge is 2.54. The Hall–Kier alpha value is -3.65. The Labute approximate surface area is 285 Å². The van der Waals surface area contributed by atoms with Crippen molar-refractivity contribution in [2.45, 2.75) is 76.8 Å². The van der Waals surface area contributed by atoms with E-state index in [0.29, 0.717) is 13.2 Å². The first-order valence-corrected chi connectivity index (χ1v) is 17.7. The van der Waals surface area contributed by atoms with Gasteiger partial charge in [0, 0.05) is 26.0 Å². The molecular weight excluding hydrogens is 618 g/mol. The number of anilines is 1. The molecule has 2 aliphatic heterocycles. The first-order chi connectivity index (χ1) is 24.3. The van der Waals surface area contributed by atoms with E-state index in [4.69, 9.17) is 26.5 Å². The fraction of sp³-hybridized carbons (Fsp3) is 0.529. The molecule has 11 nitrogen and oxygen atoms in total. The molecule has 254 valence electrons. The Bertz CT molecular complexity index is 1670. The second-order valence-electron chi connectivity index (χ2n) is 13.4. The van der Waals surface area contributed by atoms with Crippen LogP contribution >= 0.6 is 0 Å². The summed E-state index contributed by atoms with van der Waals surface area (Å²) in [7, 11) is -3.05. The normalized spacial score (nSPS) is 26.0. The standard InChI is InChI=1S/C34H48FN7O4Si/c1-7-41-21-25(35)20-28(41)24(2)45-32-38-30(29(36)40-43)37-31(39-32)42-18-19-44-23-34(6,22-42)46-47(33(3,4)5,26-14-10-8-11-15-26)27-16-12-9-13-17-27/h8-17,24-25,28,43H,7,18-23H2,1-6H3,(H2,36,40)/t24-,25+,28-,34-/m0/s1/i1D3,7D2. The maximum absolute atomic E-state index is 14.7. The van der Waals surface area contributed by atoms with Gasteiger partial charge >= 0.3 is 6.01 Å². The van der Waals surface area contributed by atoms with Gasteiger partial charge in [-0.15, -0.1) is 0 Å². The van der Waals surface area contributed by atoms with Crippen molar-refractivity contribution >= 4 is 30.5 Å². The summed E-state index contributed by atoms with van der Waals surface area (Å²) in [6.45, 7) is 5.04. The molecule has 0 bridgehead atoms. The number of likely N-dealkylation sites (N-methyl/N-ethyl adjacent to an activating group) is 1. The van der Waals surface area contributed by atoms with E-state index in [1.807, 2.05) is 48.2 Å². The molecule has 5 rings (SSSR count). The number of alkyl halides is 1. The van der Waals surface area contributed by atoms with Gasteiger partial charge in [-0.25, -0.2) is 4.39 Å². The summed E-state index contributed by atoms with van der Waals surface area (Å²) in [5, 5.41) is 14.5. The maximum Gasteiger partial charge on any atom is 0.322 e. The highest BCUT2D eigenvalue weighted by atomic mass is 28.4. The predicted molar refractivity (Wildman–Crippen MR) is 183 cm³/mol. The van der Waals surface area contributed by atoms with E-state index in [0.717, 1.165) is 15.3 Å². The summed E-state index contributed by atoms with van der Waals surface area (Å²) in [5.74, 6) is -0.492. The van der Waals surface area contributed by atoms with Gasteiger partial charge in [0.25, 0.3) is 8.32 Å². The molecule has 4 atom stereocenters. The number of nitrogens with two attached hydrogens (primary N) is 1. The van der Waals surface area contributed by atoms with Crippen LogP contribution in [-0.2, 0) is 9.16 Å². The average molecular weight is 671 g/mol. The lowest BCUT2D eigenvalue weighted by Gasteiger charge is -2.48. The topological polar surface area (TPSA) is 131 Å². The number of amidine groups is 1.